The second-order valence-corrected chi connectivity index (χ2v) is 16.5. The van der Waals surface area contributed by atoms with Crippen molar-refractivity contribution >= 4 is 24.2 Å². The monoisotopic (exact) mass is 559 g/mol. The molecule has 6 rings (SSSR count). The van der Waals surface area contributed by atoms with E-state index in [1.54, 1.807) is 4.52 Å². The molecule has 2 aromatic carbocycles. The van der Waals surface area contributed by atoms with Gasteiger partial charge in [-0.05, 0) is 48.3 Å². The van der Waals surface area contributed by atoms with Crippen molar-refractivity contribution in [1.82, 2.24) is 14.6 Å². The molecular formula is C31H37N3O5Si. The first kappa shape index (κ1) is 27.3. The van der Waals surface area contributed by atoms with E-state index in [-0.39, 0.29) is 11.6 Å². The van der Waals surface area contributed by atoms with Crippen LogP contribution in [-0.4, -0.2) is 58.7 Å². The van der Waals surface area contributed by atoms with Gasteiger partial charge in [0, 0.05) is 0 Å². The SMILES string of the molecule is Cc1ncnn2c(C3(O)O[C@H](CO[Si](c4ccccc4)(c4ccccc4)C(C)(C)C)[C@H]4OC(C)(C)O[C@H]43)ccc12. The largest absolute Gasteiger partial charge is 0.405 e. The smallest absolute Gasteiger partial charge is 0.261 e. The standard InChI is InChI=1S/C31H37N3O5Si/c1-21-24-17-18-26(34(24)33-20-32-21)31(35)28-27(38-30(5,6)39-28)25(37-31)19-36-40(29(2,3)4,22-13-9-7-10-14-22)23-15-11-8-12-16-23/h7-18,20,25,27-28,35H,19H2,1-6H3/t25-,27-,28-,31?/m1/s1. The minimum absolute atomic E-state index is 0.206. The van der Waals surface area contributed by atoms with Crippen LogP contribution in [-0.2, 0) is 24.4 Å². The lowest BCUT2D eigenvalue weighted by atomic mass is 10.0. The zero-order valence-corrected chi connectivity index (χ0v) is 24.9. The van der Waals surface area contributed by atoms with E-state index in [1.807, 2.05) is 45.0 Å². The zero-order valence-electron chi connectivity index (χ0n) is 23.9. The highest BCUT2D eigenvalue weighted by Crippen LogP contribution is 2.48. The van der Waals surface area contributed by atoms with Crippen LogP contribution >= 0.6 is 0 Å². The molecular weight excluding hydrogens is 522 g/mol. The topological polar surface area (TPSA) is 87.3 Å². The van der Waals surface area contributed by atoms with Crippen molar-refractivity contribution in [2.45, 2.75) is 76.5 Å². The van der Waals surface area contributed by atoms with Gasteiger partial charge in [0.15, 0.2) is 5.79 Å². The van der Waals surface area contributed by atoms with Crippen molar-refractivity contribution in [2.75, 3.05) is 6.61 Å². The number of aliphatic hydroxyl groups is 1. The number of aromatic nitrogens is 3. The summed E-state index contributed by atoms with van der Waals surface area (Å²) in [6.07, 6.45) is -0.441. The Balaban J connectivity index is 1.41. The van der Waals surface area contributed by atoms with E-state index in [0.29, 0.717) is 5.69 Å². The van der Waals surface area contributed by atoms with E-state index in [2.05, 4.69) is 79.4 Å². The molecule has 8 nitrogen and oxygen atoms in total. The van der Waals surface area contributed by atoms with E-state index in [9.17, 15) is 5.11 Å². The molecule has 2 fully saturated rings. The molecule has 4 aromatic rings. The molecule has 0 amide bonds. The van der Waals surface area contributed by atoms with Crippen molar-refractivity contribution in [1.29, 1.82) is 0 Å². The van der Waals surface area contributed by atoms with Gasteiger partial charge in [0.05, 0.1) is 17.8 Å². The summed E-state index contributed by atoms with van der Waals surface area (Å²) in [7, 11) is -2.84. The van der Waals surface area contributed by atoms with Crippen LogP contribution in [0.25, 0.3) is 5.52 Å². The van der Waals surface area contributed by atoms with E-state index < -0.39 is 38.2 Å². The number of ether oxygens (including phenoxy) is 3. The molecule has 9 heteroatoms. The van der Waals surface area contributed by atoms with Gasteiger partial charge in [-0.1, -0.05) is 81.4 Å². The normalized spacial score (nSPS) is 26.3. The lowest BCUT2D eigenvalue weighted by molar-refractivity contribution is -0.285. The van der Waals surface area contributed by atoms with Gasteiger partial charge in [0.25, 0.3) is 8.32 Å². The molecule has 1 N–H and O–H groups in total. The van der Waals surface area contributed by atoms with E-state index in [0.717, 1.165) is 11.2 Å². The Morgan fingerprint density at radius 2 is 1.55 bits per heavy atom. The van der Waals surface area contributed by atoms with E-state index >= 15 is 0 Å². The van der Waals surface area contributed by atoms with Crippen LogP contribution in [0.2, 0.25) is 5.04 Å². The molecule has 2 aromatic heterocycles. The Hall–Kier alpha value is -2.92. The maximum atomic E-state index is 12.2. The Bertz CT molecular complexity index is 1460. The third kappa shape index (κ3) is 4.23. The van der Waals surface area contributed by atoms with Crippen LogP contribution < -0.4 is 10.4 Å². The molecule has 1 unspecified atom stereocenters. The molecule has 40 heavy (non-hydrogen) atoms. The van der Waals surface area contributed by atoms with E-state index in [1.165, 1.54) is 16.7 Å². The minimum Gasteiger partial charge on any atom is -0.405 e. The lowest BCUT2D eigenvalue weighted by Crippen LogP contribution is -2.67. The number of aryl methyl sites for hydroxylation is 1. The van der Waals surface area contributed by atoms with Crippen molar-refractivity contribution in [3.8, 4) is 0 Å². The number of hydrogen-bond acceptors (Lipinski definition) is 7. The predicted molar refractivity (Wildman–Crippen MR) is 154 cm³/mol. The first-order valence-electron chi connectivity index (χ1n) is 13.8. The van der Waals surface area contributed by atoms with Crippen LogP contribution in [0.5, 0.6) is 0 Å². The number of hydrogen-bond donors (Lipinski definition) is 1. The maximum Gasteiger partial charge on any atom is 0.261 e. The fourth-order valence-corrected chi connectivity index (χ4v) is 10.9. The molecule has 0 saturated carbocycles. The summed E-state index contributed by atoms with van der Waals surface area (Å²) in [6, 6.07) is 24.6. The van der Waals surface area contributed by atoms with Gasteiger partial charge in [-0.3, -0.25) is 0 Å². The molecule has 0 spiro atoms. The molecule has 0 aliphatic carbocycles. The molecule has 2 aliphatic rings. The zero-order chi connectivity index (χ0) is 28.3. The highest BCUT2D eigenvalue weighted by Gasteiger charge is 2.65. The highest BCUT2D eigenvalue weighted by molar-refractivity contribution is 6.99. The minimum atomic E-state index is -2.84. The average molecular weight is 560 g/mol. The van der Waals surface area contributed by atoms with Gasteiger partial charge in [-0.25, -0.2) is 9.50 Å². The summed E-state index contributed by atoms with van der Waals surface area (Å²) in [5.41, 5.74) is 2.06. The van der Waals surface area contributed by atoms with Gasteiger partial charge in [0.2, 0.25) is 5.79 Å². The predicted octanol–water partition coefficient (Wildman–Crippen LogP) is 3.68. The molecule has 2 saturated heterocycles. The summed E-state index contributed by atoms with van der Waals surface area (Å²) in [5.74, 6) is -2.70. The lowest BCUT2D eigenvalue weighted by Gasteiger charge is -2.43. The molecule has 210 valence electrons. The van der Waals surface area contributed by atoms with Crippen LogP contribution in [0.3, 0.4) is 0 Å². The molecule has 4 atom stereocenters. The maximum absolute atomic E-state index is 12.2. The van der Waals surface area contributed by atoms with Gasteiger partial charge in [-0.2, -0.15) is 5.10 Å². The van der Waals surface area contributed by atoms with Gasteiger partial charge >= 0.3 is 0 Å². The Labute approximate surface area is 236 Å². The van der Waals surface area contributed by atoms with Crippen LogP contribution in [0.15, 0.2) is 79.1 Å². The Kier molecular flexibility index (Phi) is 6.53. The molecule has 0 bridgehead atoms. The molecule has 0 radical (unpaired) electrons. The second kappa shape index (κ2) is 9.58. The van der Waals surface area contributed by atoms with Gasteiger partial charge in [-0.15, -0.1) is 0 Å². The van der Waals surface area contributed by atoms with Crippen molar-refractivity contribution < 1.29 is 23.7 Å². The number of fused-ring (bicyclic) bond motifs is 2. The number of rotatable bonds is 6. The highest BCUT2D eigenvalue weighted by atomic mass is 28.4. The van der Waals surface area contributed by atoms with Crippen LogP contribution in [0.1, 0.15) is 46.0 Å². The third-order valence-corrected chi connectivity index (χ3v) is 13.1. The van der Waals surface area contributed by atoms with Crippen LogP contribution in [0, 0.1) is 6.92 Å². The van der Waals surface area contributed by atoms with E-state index in [4.69, 9.17) is 18.6 Å². The fraction of sp³-hybridized carbons (Fsp3) is 0.419. The summed E-state index contributed by atoms with van der Waals surface area (Å²) < 4.78 is 28.0. The van der Waals surface area contributed by atoms with Crippen molar-refractivity contribution in [2.24, 2.45) is 0 Å². The van der Waals surface area contributed by atoms with Crippen molar-refractivity contribution in [3.63, 3.8) is 0 Å². The van der Waals surface area contributed by atoms with Crippen LogP contribution in [0.4, 0.5) is 0 Å². The second-order valence-electron chi connectivity index (χ2n) is 12.2. The summed E-state index contributed by atoms with van der Waals surface area (Å²) in [6.45, 7) is 12.5. The Morgan fingerprint density at radius 3 is 2.15 bits per heavy atom. The third-order valence-electron chi connectivity index (χ3n) is 8.10. The summed E-state index contributed by atoms with van der Waals surface area (Å²) in [4.78, 5) is 4.29. The first-order valence-corrected chi connectivity index (χ1v) is 15.7. The quantitative estimate of drug-likeness (QED) is 0.361. The summed E-state index contributed by atoms with van der Waals surface area (Å²) in [5, 5.41) is 18.7. The molecule has 4 heterocycles. The Morgan fingerprint density at radius 1 is 0.925 bits per heavy atom. The fourth-order valence-electron chi connectivity index (χ4n) is 6.36. The average Bonchev–Trinajstić information content (AvgIpc) is 3.57. The number of nitrogens with zero attached hydrogens (tertiary/aromatic N) is 3. The first-order chi connectivity index (χ1) is 19.0. The van der Waals surface area contributed by atoms with Crippen molar-refractivity contribution in [3.05, 3.63) is 90.5 Å². The van der Waals surface area contributed by atoms with Gasteiger partial charge < -0.3 is 23.7 Å². The number of benzene rings is 2. The molecule has 2 aliphatic heterocycles. The van der Waals surface area contributed by atoms with Gasteiger partial charge in [0.1, 0.15) is 30.3 Å². The summed E-state index contributed by atoms with van der Waals surface area (Å²) >= 11 is 0.